The number of imide groups is 1. The second-order valence-corrected chi connectivity index (χ2v) is 3.24. The van der Waals surface area contributed by atoms with Gasteiger partial charge in [0.15, 0.2) is 0 Å². The van der Waals surface area contributed by atoms with Gasteiger partial charge in [0.1, 0.15) is 13.3 Å². The molecule has 5 nitrogen and oxygen atoms in total. The fraction of sp³-hybridized carbons (Fsp3) is 0.750. The summed E-state index contributed by atoms with van der Waals surface area (Å²) < 4.78 is 4.75. The average molecular weight is 186 g/mol. The molecule has 0 aromatic carbocycles. The Morgan fingerprint density at radius 3 is 2.46 bits per heavy atom. The largest absolute Gasteiger partial charge is 0.364 e. The zero-order valence-corrected chi connectivity index (χ0v) is 8.11. The standard InChI is InChI=1S/C8H14N2O3/c1-6(2)9-4-7(11)10(5-13-3)8(9)12/h6H,4-5H2,1-3H3. The van der Waals surface area contributed by atoms with Crippen molar-refractivity contribution in [3.05, 3.63) is 0 Å². The summed E-state index contributed by atoms with van der Waals surface area (Å²) in [6.45, 7) is 3.96. The normalized spacial score (nSPS) is 17.8. The van der Waals surface area contributed by atoms with Crippen molar-refractivity contribution in [3.8, 4) is 0 Å². The zero-order valence-electron chi connectivity index (χ0n) is 8.11. The highest BCUT2D eigenvalue weighted by Gasteiger charge is 2.36. The quantitative estimate of drug-likeness (QED) is 0.594. The van der Waals surface area contributed by atoms with Gasteiger partial charge in [0.2, 0.25) is 0 Å². The predicted octanol–water partition coefficient (Wildman–Crippen LogP) is 0.263. The number of rotatable bonds is 3. The van der Waals surface area contributed by atoms with Gasteiger partial charge in [-0.1, -0.05) is 0 Å². The van der Waals surface area contributed by atoms with Gasteiger partial charge in [0.25, 0.3) is 5.91 Å². The Bertz CT molecular complexity index is 227. The van der Waals surface area contributed by atoms with Gasteiger partial charge < -0.3 is 9.64 Å². The first-order valence-electron chi connectivity index (χ1n) is 4.17. The molecule has 1 aliphatic heterocycles. The van der Waals surface area contributed by atoms with Crippen LogP contribution in [0.5, 0.6) is 0 Å². The van der Waals surface area contributed by atoms with Crippen molar-refractivity contribution in [1.29, 1.82) is 0 Å². The lowest BCUT2D eigenvalue weighted by molar-refractivity contribution is -0.128. The molecule has 1 rings (SSSR count). The van der Waals surface area contributed by atoms with Crippen molar-refractivity contribution in [3.63, 3.8) is 0 Å². The van der Waals surface area contributed by atoms with E-state index in [1.165, 1.54) is 12.0 Å². The van der Waals surface area contributed by atoms with E-state index >= 15 is 0 Å². The fourth-order valence-corrected chi connectivity index (χ4v) is 1.22. The number of hydrogen-bond acceptors (Lipinski definition) is 3. The number of carbonyl (C=O) groups is 2. The van der Waals surface area contributed by atoms with Crippen LogP contribution >= 0.6 is 0 Å². The Hall–Kier alpha value is -1.10. The highest BCUT2D eigenvalue weighted by Crippen LogP contribution is 2.12. The molecule has 0 N–H and O–H groups in total. The topological polar surface area (TPSA) is 49.9 Å². The van der Waals surface area contributed by atoms with Gasteiger partial charge >= 0.3 is 6.03 Å². The summed E-state index contributed by atoms with van der Waals surface area (Å²) in [5, 5.41) is 0. The van der Waals surface area contributed by atoms with Gasteiger partial charge in [0, 0.05) is 13.2 Å². The van der Waals surface area contributed by atoms with Crippen LogP contribution in [0.4, 0.5) is 4.79 Å². The van der Waals surface area contributed by atoms with E-state index in [2.05, 4.69) is 0 Å². The van der Waals surface area contributed by atoms with E-state index in [1.54, 1.807) is 0 Å². The van der Waals surface area contributed by atoms with E-state index in [0.29, 0.717) is 0 Å². The molecule has 1 fully saturated rings. The van der Waals surface area contributed by atoms with Crippen LogP contribution in [-0.2, 0) is 9.53 Å². The molecule has 0 saturated carbocycles. The van der Waals surface area contributed by atoms with Crippen LogP contribution in [0, 0.1) is 0 Å². The third kappa shape index (κ3) is 1.80. The van der Waals surface area contributed by atoms with E-state index in [0.717, 1.165) is 4.90 Å². The van der Waals surface area contributed by atoms with Gasteiger partial charge in [-0.25, -0.2) is 9.69 Å². The van der Waals surface area contributed by atoms with Crippen molar-refractivity contribution in [2.75, 3.05) is 20.4 Å². The average Bonchev–Trinajstić information content (AvgIpc) is 2.32. The highest BCUT2D eigenvalue weighted by atomic mass is 16.5. The van der Waals surface area contributed by atoms with E-state index < -0.39 is 0 Å². The number of ether oxygens (including phenoxy) is 1. The van der Waals surface area contributed by atoms with Crippen LogP contribution in [0.15, 0.2) is 0 Å². The van der Waals surface area contributed by atoms with Crippen LogP contribution in [-0.4, -0.2) is 48.2 Å². The molecule has 0 aliphatic carbocycles. The van der Waals surface area contributed by atoms with Crippen molar-refractivity contribution in [2.24, 2.45) is 0 Å². The summed E-state index contributed by atoms with van der Waals surface area (Å²) in [6, 6.07) is -0.208. The summed E-state index contributed by atoms with van der Waals surface area (Å²) in [6.07, 6.45) is 0. The lowest BCUT2D eigenvalue weighted by Crippen LogP contribution is -2.37. The van der Waals surface area contributed by atoms with Crippen LogP contribution < -0.4 is 0 Å². The first-order chi connectivity index (χ1) is 6.07. The van der Waals surface area contributed by atoms with E-state index in [9.17, 15) is 9.59 Å². The minimum atomic E-state index is -0.262. The molecule has 13 heavy (non-hydrogen) atoms. The molecule has 5 heteroatoms. The highest BCUT2D eigenvalue weighted by molar-refractivity contribution is 6.01. The predicted molar refractivity (Wildman–Crippen MR) is 46.0 cm³/mol. The lowest BCUT2D eigenvalue weighted by Gasteiger charge is -2.19. The van der Waals surface area contributed by atoms with Crippen LogP contribution in [0.25, 0.3) is 0 Å². The number of amides is 3. The number of nitrogens with zero attached hydrogens (tertiary/aromatic N) is 2. The Morgan fingerprint density at radius 1 is 1.46 bits per heavy atom. The second-order valence-electron chi connectivity index (χ2n) is 3.24. The summed E-state index contributed by atoms with van der Waals surface area (Å²) in [5.74, 6) is -0.194. The summed E-state index contributed by atoms with van der Waals surface area (Å²) in [7, 11) is 1.46. The van der Waals surface area contributed by atoms with E-state index in [1.807, 2.05) is 13.8 Å². The third-order valence-corrected chi connectivity index (χ3v) is 1.96. The molecule has 0 atom stereocenters. The van der Waals surface area contributed by atoms with Gasteiger partial charge in [-0.2, -0.15) is 0 Å². The Labute approximate surface area is 77.2 Å². The maximum Gasteiger partial charge on any atom is 0.329 e. The lowest BCUT2D eigenvalue weighted by atomic mass is 10.3. The summed E-state index contributed by atoms with van der Waals surface area (Å²) in [4.78, 5) is 25.4. The number of urea groups is 1. The van der Waals surface area contributed by atoms with Crippen LogP contribution in [0.2, 0.25) is 0 Å². The molecular formula is C8H14N2O3. The molecule has 3 amide bonds. The van der Waals surface area contributed by atoms with Crippen molar-refractivity contribution < 1.29 is 14.3 Å². The Kier molecular flexibility index (Phi) is 2.87. The maximum atomic E-state index is 11.5. The Balaban J connectivity index is 2.69. The molecule has 0 spiro atoms. The van der Waals surface area contributed by atoms with Gasteiger partial charge in [-0.15, -0.1) is 0 Å². The molecule has 1 heterocycles. The zero-order chi connectivity index (χ0) is 10.0. The third-order valence-electron chi connectivity index (χ3n) is 1.96. The molecule has 0 unspecified atom stereocenters. The SMILES string of the molecule is COCN1C(=O)CN(C(C)C)C1=O. The summed E-state index contributed by atoms with van der Waals surface area (Å²) >= 11 is 0. The van der Waals surface area contributed by atoms with Crippen molar-refractivity contribution in [2.45, 2.75) is 19.9 Å². The molecule has 0 bridgehead atoms. The van der Waals surface area contributed by atoms with E-state index in [4.69, 9.17) is 4.74 Å². The van der Waals surface area contributed by atoms with Gasteiger partial charge in [-0.05, 0) is 13.8 Å². The molecule has 74 valence electrons. The molecule has 0 aromatic heterocycles. The first kappa shape index (κ1) is 9.98. The molecule has 0 radical (unpaired) electrons. The number of methoxy groups -OCH3 is 1. The van der Waals surface area contributed by atoms with Crippen molar-refractivity contribution in [1.82, 2.24) is 9.80 Å². The maximum absolute atomic E-state index is 11.5. The van der Waals surface area contributed by atoms with Gasteiger partial charge in [0.05, 0.1) is 0 Å². The first-order valence-corrected chi connectivity index (χ1v) is 4.17. The minimum absolute atomic E-state index is 0.0425. The molecule has 1 saturated heterocycles. The number of hydrogen-bond donors (Lipinski definition) is 0. The monoisotopic (exact) mass is 186 g/mol. The van der Waals surface area contributed by atoms with Gasteiger partial charge in [-0.3, -0.25) is 4.79 Å². The molecular weight excluding hydrogens is 172 g/mol. The van der Waals surface area contributed by atoms with E-state index in [-0.39, 0.29) is 31.3 Å². The Morgan fingerprint density at radius 2 is 2.08 bits per heavy atom. The number of carbonyl (C=O) groups excluding carboxylic acids is 2. The van der Waals surface area contributed by atoms with Crippen LogP contribution in [0.1, 0.15) is 13.8 Å². The smallest absolute Gasteiger partial charge is 0.329 e. The fourth-order valence-electron chi connectivity index (χ4n) is 1.22. The van der Waals surface area contributed by atoms with Crippen LogP contribution in [0.3, 0.4) is 0 Å². The minimum Gasteiger partial charge on any atom is -0.364 e. The summed E-state index contributed by atoms with van der Waals surface area (Å²) in [5.41, 5.74) is 0. The molecule has 1 aliphatic rings. The molecule has 0 aromatic rings. The van der Waals surface area contributed by atoms with Crippen molar-refractivity contribution >= 4 is 11.9 Å². The second kappa shape index (κ2) is 3.74.